The number of carbonyl (C=O) groups excluding carboxylic acids is 1. The Hall–Kier alpha value is -1.77. The summed E-state index contributed by atoms with van der Waals surface area (Å²) in [6.07, 6.45) is 7.83. The zero-order valence-electron chi connectivity index (χ0n) is 13.7. The first-order valence-electron chi connectivity index (χ1n) is 8.99. The first kappa shape index (κ1) is 13.6. The Balaban J connectivity index is 1.46. The lowest BCUT2D eigenvalue weighted by Gasteiger charge is -2.56. The number of amides is 1. The van der Waals surface area contributed by atoms with Gasteiger partial charge in [-0.25, -0.2) is 0 Å². The van der Waals surface area contributed by atoms with E-state index < -0.39 is 0 Å². The fourth-order valence-corrected chi connectivity index (χ4v) is 6.08. The predicted molar refractivity (Wildman–Crippen MR) is 91.3 cm³/mol. The van der Waals surface area contributed by atoms with E-state index in [4.69, 9.17) is 0 Å². The van der Waals surface area contributed by atoms with Gasteiger partial charge in [-0.1, -0.05) is 18.2 Å². The molecule has 0 aliphatic heterocycles. The van der Waals surface area contributed by atoms with Crippen molar-refractivity contribution in [2.75, 3.05) is 0 Å². The highest BCUT2D eigenvalue weighted by Gasteiger charge is 2.51. The molecular formula is C20H24N2O. The van der Waals surface area contributed by atoms with Gasteiger partial charge in [0, 0.05) is 23.5 Å². The lowest BCUT2D eigenvalue weighted by atomic mass is 9.53. The van der Waals surface area contributed by atoms with Gasteiger partial charge in [0.15, 0.2) is 0 Å². The molecule has 4 aliphatic rings. The molecule has 0 atom stereocenters. The van der Waals surface area contributed by atoms with E-state index >= 15 is 0 Å². The molecule has 3 nitrogen and oxygen atoms in total. The number of aromatic nitrogens is 1. The lowest BCUT2D eigenvalue weighted by Crippen LogP contribution is -2.60. The first-order chi connectivity index (χ1) is 11.1. The van der Waals surface area contributed by atoms with Crippen molar-refractivity contribution in [3.8, 4) is 0 Å². The van der Waals surface area contributed by atoms with Crippen LogP contribution in [0.3, 0.4) is 0 Å². The summed E-state index contributed by atoms with van der Waals surface area (Å²) in [6, 6.07) is 10.3. The number of para-hydroxylation sites is 1. The maximum Gasteiger partial charge on any atom is 0.268 e. The fourth-order valence-electron chi connectivity index (χ4n) is 6.08. The van der Waals surface area contributed by atoms with Crippen molar-refractivity contribution in [1.29, 1.82) is 0 Å². The summed E-state index contributed by atoms with van der Waals surface area (Å²) in [4.78, 5) is 13.0. The number of rotatable bonds is 2. The Morgan fingerprint density at radius 1 is 1.09 bits per heavy atom. The third kappa shape index (κ3) is 2.05. The number of carbonyl (C=O) groups is 1. The zero-order valence-corrected chi connectivity index (χ0v) is 13.7. The van der Waals surface area contributed by atoms with E-state index in [-0.39, 0.29) is 11.4 Å². The topological polar surface area (TPSA) is 34.0 Å². The molecule has 23 heavy (non-hydrogen) atoms. The molecule has 4 saturated carbocycles. The second-order valence-corrected chi connectivity index (χ2v) is 8.30. The van der Waals surface area contributed by atoms with Crippen molar-refractivity contribution in [3.63, 3.8) is 0 Å². The molecule has 4 aliphatic carbocycles. The van der Waals surface area contributed by atoms with Gasteiger partial charge in [0.05, 0.1) is 0 Å². The Labute approximate surface area is 137 Å². The maximum absolute atomic E-state index is 13.0. The molecule has 2 aromatic rings. The Kier molecular flexibility index (Phi) is 2.74. The first-order valence-corrected chi connectivity index (χ1v) is 8.99. The fraction of sp³-hybridized carbons (Fsp3) is 0.550. The molecule has 6 rings (SSSR count). The summed E-state index contributed by atoms with van der Waals surface area (Å²) in [6.45, 7) is 0. The van der Waals surface area contributed by atoms with Crippen molar-refractivity contribution in [3.05, 3.63) is 36.0 Å². The molecule has 4 bridgehead atoms. The molecule has 4 fully saturated rings. The number of hydrogen-bond donors (Lipinski definition) is 1. The van der Waals surface area contributed by atoms with Crippen molar-refractivity contribution in [2.45, 2.75) is 44.1 Å². The molecule has 1 N–H and O–H groups in total. The number of aryl methyl sites for hydroxylation is 1. The minimum atomic E-state index is 0.0856. The Bertz CT molecular complexity index is 753. The average molecular weight is 308 g/mol. The molecule has 1 aromatic carbocycles. The molecule has 0 unspecified atom stereocenters. The van der Waals surface area contributed by atoms with Gasteiger partial charge in [0.2, 0.25) is 0 Å². The summed E-state index contributed by atoms with van der Waals surface area (Å²) in [5, 5.41) is 4.63. The van der Waals surface area contributed by atoms with Gasteiger partial charge < -0.3 is 9.88 Å². The monoisotopic (exact) mass is 308 g/mol. The van der Waals surface area contributed by atoms with E-state index in [9.17, 15) is 4.79 Å². The zero-order chi connectivity index (χ0) is 15.6. The standard InChI is InChI=1S/C20H24N2O/c1-22-17-5-3-2-4-16(17)9-18(22)19(23)21-20-10-13-6-14(11-20)8-15(7-13)12-20/h2-5,9,13-15H,6-8,10-12H2,1H3,(H,21,23). The van der Waals surface area contributed by atoms with Crippen LogP contribution in [0.4, 0.5) is 0 Å². The molecule has 0 radical (unpaired) electrons. The summed E-state index contributed by atoms with van der Waals surface area (Å²) < 4.78 is 2.03. The van der Waals surface area contributed by atoms with Crippen molar-refractivity contribution in [2.24, 2.45) is 24.8 Å². The van der Waals surface area contributed by atoms with Gasteiger partial charge in [-0.15, -0.1) is 0 Å². The van der Waals surface area contributed by atoms with Crippen LogP contribution in [-0.4, -0.2) is 16.0 Å². The van der Waals surface area contributed by atoms with Crippen LogP contribution < -0.4 is 5.32 Å². The lowest BCUT2D eigenvalue weighted by molar-refractivity contribution is -0.0168. The van der Waals surface area contributed by atoms with Crippen molar-refractivity contribution in [1.82, 2.24) is 9.88 Å². The molecular weight excluding hydrogens is 284 g/mol. The van der Waals surface area contributed by atoms with E-state index in [2.05, 4.69) is 17.4 Å². The SMILES string of the molecule is Cn1c(C(=O)NC23CC4CC(CC(C4)C2)C3)cc2ccccc21. The molecule has 1 heterocycles. The van der Waals surface area contributed by atoms with Crippen LogP contribution in [0.2, 0.25) is 0 Å². The second kappa shape index (κ2) is 4.62. The third-order valence-electron chi connectivity index (χ3n) is 6.60. The minimum Gasteiger partial charge on any atom is -0.345 e. The van der Waals surface area contributed by atoms with Gasteiger partial charge >= 0.3 is 0 Å². The number of fused-ring (bicyclic) bond motifs is 1. The van der Waals surface area contributed by atoms with E-state index in [0.29, 0.717) is 0 Å². The molecule has 0 spiro atoms. The maximum atomic E-state index is 13.0. The third-order valence-corrected chi connectivity index (χ3v) is 6.60. The van der Waals surface area contributed by atoms with Crippen LogP contribution in [0.1, 0.15) is 49.0 Å². The Morgan fingerprint density at radius 3 is 2.30 bits per heavy atom. The van der Waals surface area contributed by atoms with E-state index in [1.807, 2.05) is 29.8 Å². The predicted octanol–water partition coefficient (Wildman–Crippen LogP) is 3.88. The van der Waals surface area contributed by atoms with E-state index in [0.717, 1.165) is 34.4 Å². The van der Waals surface area contributed by atoms with Crippen LogP contribution in [0.15, 0.2) is 30.3 Å². The molecule has 120 valence electrons. The summed E-state index contributed by atoms with van der Waals surface area (Å²) in [5.41, 5.74) is 2.01. The van der Waals surface area contributed by atoms with Gasteiger partial charge in [-0.2, -0.15) is 0 Å². The highest BCUT2D eigenvalue weighted by Crippen LogP contribution is 2.55. The van der Waals surface area contributed by atoms with Crippen molar-refractivity contribution >= 4 is 16.8 Å². The molecule has 0 saturated heterocycles. The second-order valence-electron chi connectivity index (χ2n) is 8.30. The van der Waals surface area contributed by atoms with E-state index in [1.54, 1.807) is 0 Å². The van der Waals surface area contributed by atoms with Crippen LogP contribution in [0.25, 0.3) is 10.9 Å². The number of nitrogens with one attached hydrogen (secondary N) is 1. The minimum absolute atomic E-state index is 0.0856. The van der Waals surface area contributed by atoms with E-state index in [1.165, 1.54) is 38.5 Å². The van der Waals surface area contributed by atoms with Crippen LogP contribution in [0.5, 0.6) is 0 Å². The summed E-state index contributed by atoms with van der Waals surface area (Å²) >= 11 is 0. The highest BCUT2D eigenvalue weighted by atomic mass is 16.2. The smallest absolute Gasteiger partial charge is 0.268 e. The van der Waals surface area contributed by atoms with Crippen LogP contribution >= 0.6 is 0 Å². The van der Waals surface area contributed by atoms with Gasteiger partial charge in [0.1, 0.15) is 5.69 Å². The summed E-state index contributed by atoms with van der Waals surface area (Å²) in [7, 11) is 2.00. The molecule has 1 amide bonds. The quantitative estimate of drug-likeness (QED) is 0.897. The number of hydrogen-bond acceptors (Lipinski definition) is 1. The van der Waals surface area contributed by atoms with Gasteiger partial charge in [-0.3, -0.25) is 4.79 Å². The number of nitrogens with zero attached hydrogens (tertiary/aromatic N) is 1. The normalized spacial score (nSPS) is 34.9. The largest absolute Gasteiger partial charge is 0.345 e. The van der Waals surface area contributed by atoms with Gasteiger partial charge in [-0.05, 0) is 68.4 Å². The number of benzene rings is 1. The summed E-state index contributed by atoms with van der Waals surface area (Å²) in [5.74, 6) is 2.68. The Morgan fingerprint density at radius 2 is 1.70 bits per heavy atom. The highest BCUT2D eigenvalue weighted by molar-refractivity contribution is 5.99. The molecule has 3 heteroatoms. The van der Waals surface area contributed by atoms with Crippen molar-refractivity contribution < 1.29 is 4.79 Å². The van der Waals surface area contributed by atoms with Crippen LogP contribution in [-0.2, 0) is 7.05 Å². The molecule has 1 aromatic heterocycles. The van der Waals surface area contributed by atoms with Crippen LogP contribution in [0, 0.1) is 17.8 Å². The average Bonchev–Trinajstić information content (AvgIpc) is 2.83. The van der Waals surface area contributed by atoms with Gasteiger partial charge in [0.25, 0.3) is 5.91 Å².